The van der Waals surface area contributed by atoms with E-state index in [0.717, 1.165) is 25.7 Å². The molecule has 0 amide bonds. The van der Waals surface area contributed by atoms with E-state index in [-0.39, 0.29) is 0 Å². The Kier molecular flexibility index (Phi) is 4.38. The Morgan fingerprint density at radius 1 is 1.20 bits per heavy atom. The molecule has 88 valence electrons. The van der Waals surface area contributed by atoms with E-state index < -0.39 is 0 Å². The first-order chi connectivity index (χ1) is 7.40. The van der Waals surface area contributed by atoms with Gasteiger partial charge in [0, 0.05) is 32.2 Å². The van der Waals surface area contributed by atoms with Crippen LogP contribution in [-0.2, 0) is 0 Å². The van der Waals surface area contributed by atoms with Crippen molar-refractivity contribution in [3.05, 3.63) is 0 Å². The SMILES string of the molecule is OCCN1CCCN(C2CCNC2)CC1. The van der Waals surface area contributed by atoms with Crippen molar-refractivity contribution in [2.75, 3.05) is 52.4 Å². The second kappa shape index (κ2) is 5.80. The quantitative estimate of drug-likeness (QED) is 0.653. The molecule has 0 saturated carbocycles. The number of hydrogen-bond acceptors (Lipinski definition) is 4. The molecule has 2 fully saturated rings. The summed E-state index contributed by atoms with van der Waals surface area (Å²) in [7, 11) is 0. The molecule has 15 heavy (non-hydrogen) atoms. The van der Waals surface area contributed by atoms with E-state index in [9.17, 15) is 0 Å². The van der Waals surface area contributed by atoms with Gasteiger partial charge in [-0.15, -0.1) is 0 Å². The molecule has 4 nitrogen and oxygen atoms in total. The summed E-state index contributed by atoms with van der Waals surface area (Å²) < 4.78 is 0. The highest BCUT2D eigenvalue weighted by atomic mass is 16.3. The maximum absolute atomic E-state index is 8.92. The minimum atomic E-state index is 0.297. The molecule has 0 spiro atoms. The molecule has 2 saturated heterocycles. The molecule has 0 aliphatic carbocycles. The Morgan fingerprint density at radius 3 is 2.87 bits per heavy atom. The van der Waals surface area contributed by atoms with Crippen LogP contribution in [0.3, 0.4) is 0 Å². The molecule has 0 aromatic rings. The van der Waals surface area contributed by atoms with Crippen LogP contribution in [0.4, 0.5) is 0 Å². The molecule has 0 aromatic heterocycles. The fourth-order valence-corrected chi connectivity index (χ4v) is 2.67. The van der Waals surface area contributed by atoms with E-state index in [1.165, 1.54) is 39.0 Å². The van der Waals surface area contributed by atoms with Crippen LogP contribution in [0.2, 0.25) is 0 Å². The summed E-state index contributed by atoms with van der Waals surface area (Å²) in [5, 5.41) is 12.4. The minimum absolute atomic E-state index is 0.297. The Morgan fingerprint density at radius 2 is 2.13 bits per heavy atom. The van der Waals surface area contributed by atoms with Gasteiger partial charge in [0.25, 0.3) is 0 Å². The van der Waals surface area contributed by atoms with E-state index in [1.807, 2.05) is 0 Å². The van der Waals surface area contributed by atoms with Crippen molar-refractivity contribution in [2.45, 2.75) is 18.9 Å². The molecule has 4 heteroatoms. The van der Waals surface area contributed by atoms with Gasteiger partial charge in [0.2, 0.25) is 0 Å². The lowest BCUT2D eigenvalue weighted by Crippen LogP contribution is -2.39. The van der Waals surface area contributed by atoms with Crippen molar-refractivity contribution in [3.8, 4) is 0 Å². The topological polar surface area (TPSA) is 38.7 Å². The van der Waals surface area contributed by atoms with Crippen LogP contribution >= 0.6 is 0 Å². The lowest BCUT2D eigenvalue weighted by atomic mass is 10.2. The van der Waals surface area contributed by atoms with Crippen LogP contribution in [0.25, 0.3) is 0 Å². The number of aliphatic hydroxyl groups excluding tert-OH is 1. The van der Waals surface area contributed by atoms with Gasteiger partial charge in [-0.3, -0.25) is 9.80 Å². The molecular weight excluding hydrogens is 190 g/mol. The number of nitrogens with zero attached hydrogens (tertiary/aromatic N) is 2. The summed E-state index contributed by atoms with van der Waals surface area (Å²) >= 11 is 0. The molecular formula is C11H23N3O. The Balaban J connectivity index is 1.78. The Hall–Kier alpha value is -0.160. The van der Waals surface area contributed by atoms with Crippen LogP contribution in [0, 0.1) is 0 Å². The molecule has 2 N–H and O–H groups in total. The first-order valence-electron chi connectivity index (χ1n) is 6.18. The first-order valence-corrected chi connectivity index (χ1v) is 6.18. The van der Waals surface area contributed by atoms with Gasteiger partial charge in [0.15, 0.2) is 0 Å². The van der Waals surface area contributed by atoms with Crippen LogP contribution in [0.1, 0.15) is 12.8 Å². The van der Waals surface area contributed by atoms with Gasteiger partial charge in [-0.1, -0.05) is 0 Å². The zero-order valence-corrected chi connectivity index (χ0v) is 9.49. The molecule has 0 aromatic carbocycles. The van der Waals surface area contributed by atoms with Crippen molar-refractivity contribution in [3.63, 3.8) is 0 Å². The van der Waals surface area contributed by atoms with Gasteiger partial charge in [-0.05, 0) is 32.5 Å². The molecule has 2 aliphatic heterocycles. The lowest BCUT2D eigenvalue weighted by molar-refractivity contribution is 0.185. The summed E-state index contributed by atoms with van der Waals surface area (Å²) in [6.07, 6.45) is 2.55. The third-order valence-corrected chi connectivity index (χ3v) is 3.59. The summed E-state index contributed by atoms with van der Waals surface area (Å²) in [5.74, 6) is 0. The smallest absolute Gasteiger partial charge is 0.0558 e. The van der Waals surface area contributed by atoms with Crippen LogP contribution in [0.5, 0.6) is 0 Å². The maximum atomic E-state index is 8.92. The van der Waals surface area contributed by atoms with Crippen molar-refractivity contribution < 1.29 is 5.11 Å². The van der Waals surface area contributed by atoms with E-state index in [1.54, 1.807) is 0 Å². The Labute approximate surface area is 92.2 Å². The maximum Gasteiger partial charge on any atom is 0.0558 e. The third-order valence-electron chi connectivity index (χ3n) is 3.59. The number of aliphatic hydroxyl groups is 1. The molecule has 2 aliphatic rings. The summed E-state index contributed by atoms with van der Waals surface area (Å²) in [5.41, 5.74) is 0. The molecule has 1 atom stereocenters. The normalized spacial score (nSPS) is 30.6. The molecule has 0 radical (unpaired) electrons. The molecule has 0 bridgehead atoms. The molecule has 2 rings (SSSR count). The minimum Gasteiger partial charge on any atom is -0.395 e. The van der Waals surface area contributed by atoms with Gasteiger partial charge in [-0.2, -0.15) is 0 Å². The van der Waals surface area contributed by atoms with Crippen molar-refractivity contribution in [1.29, 1.82) is 0 Å². The fraction of sp³-hybridized carbons (Fsp3) is 1.00. The molecule has 2 heterocycles. The van der Waals surface area contributed by atoms with Gasteiger partial charge < -0.3 is 10.4 Å². The summed E-state index contributed by atoms with van der Waals surface area (Å²) in [6, 6.07) is 0.763. The second-order valence-electron chi connectivity index (χ2n) is 4.60. The number of nitrogens with one attached hydrogen (secondary N) is 1. The van der Waals surface area contributed by atoms with Gasteiger partial charge in [-0.25, -0.2) is 0 Å². The fourth-order valence-electron chi connectivity index (χ4n) is 2.67. The average Bonchev–Trinajstić information content (AvgIpc) is 2.67. The highest BCUT2D eigenvalue weighted by molar-refractivity contribution is 4.82. The van der Waals surface area contributed by atoms with Crippen LogP contribution in [0.15, 0.2) is 0 Å². The predicted octanol–water partition coefficient (Wildman–Crippen LogP) is -0.652. The van der Waals surface area contributed by atoms with Gasteiger partial charge in [0.05, 0.1) is 6.61 Å². The molecule has 1 unspecified atom stereocenters. The van der Waals surface area contributed by atoms with Crippen molar-refractivity contribution >= 4 is 0 Å². The van der Waals surface area contributed by atoms with Crippen LogP contribution < -0.4 is 5.32 Å². The lowest BCUT2D eigenvalue weighted by Gasteiger charge is -2.26. The first kappa shape index (κ1) is 11.3. The highest BCUT2D eigenvalue weighted by Crippen LogP contribution is 2.11. The van der Waals surface area contributed by atoms with E-state index in [0.29, 0.717) is 6.61 Å². The Bertz CT molecular complexity index is 183. The van der Waals surface area contributed by atoms with Gasteiger partial charge >= 0.3 is 0 Å². The number of β-amino-alcohol motifs (C(OH)–C–C–N with tert-alkyl or cyclic N) is 1. The zero-order valence-electron chi connectivity index (χ0n) is 9.49. The monoisotopic (exact) mass is 213 g/mol. The van der Waals surface area contributed by atoms with Gasteiger partial charge in [0.1, 0.15) is 0 Å². The van der Waals surface area contributed by atoms with E-state index >= 15 is 0 Å². The van der Waals surface area contributed by atoms with E-state index in [2.05, 4.69) is 15.1 Å². The third kappa shape index (κ3) is 3.14. The van der Waals surface area contributed by atoms with Crippen LogP contribution in [-0.4, -0.2) is 73.4 Å². The van der Waals surface area contributed by atoms with E-state index in [4.69, 9.17) is 5.11 Å². The average molecular weight is 213 g/mol. The summed E-state index contributed by atoms with van der Waals surface area (Å²) in [6.45, 7) is 8.16. The second-order valence-corrected chi connectivity index (χ2v) is 4.60. The summed E-state index contributed by atoms with van der Waals surface area (Å²) in [4.78, 5) is 5.00. The zero-order chi connectivity index (χ0) is 10.5. The largest absolute Gasteiger partial charge is 0.395 e. The highest BCUT2D eigenvalue weighted by Gasteiger charge is 2.24. The van der Waals surface area contributed by atoms with Crippen molar-refractivity contribution in [1.82, 2.24) is 15.1 Å². The number of rotatable bonds is 3. The van der Waals surface area contributed by atoms with Crippen molar-refractivity contribution in [2.24, 2.45) is 0 Å². The number of hydrogen-bond donors (Lipinski definition) is 2. The standard InChI is InChI=1S/C11H23N3O/c15-9-8-13-4-1-5-14(7-6-13)11-2-3-12-10-11/h11-12,15H,1-10H2. The predicted molar refractivity (Wildman–Crippen MR) is 61.0 cm³/mol.